The SMILES string of the molecule is Cc1nc(C2CCN(CC3CCCCC3)C2)nc(C)c1CC(=O)Nc1ccccc1F. The number of anilines is 1. The zero-order valence-corrected chi connectivity index (χ0v) is 18.7. The van der Waals surface area contributed by atoms with Crippen molar-refractivity contribution in [3.05, 3.63) is 52.9 Å². The van der Waals surface area contributed by atoms with E-state index >= 15 is 0 Å². The molecule has 1 aromatic carbocycles. The van der Waals surface area contributed by atoms with E-state index in [1.165, 1.54) is 44.7 Å². The van der Waals surface area contributed by atoms with Crippen LogP contribution in [0.5, 0.6) is 0 Å². The molecule has 5 nitrogen and oxygen atoms in total. The van der Waals surface area contributed by atoms with Crippen LogP contribution in [0.1, 0.15) is 67.2 Å². The molecule has 1 unspecified atom stereocenters. The van der Waals surface area contributed by atoms with Gasteiger partial charge in [-0.2, -0.15) is 0 Å². The van der Waals surface area contributed by atoms with Gasteiger partial charge in [0, 0.05) is 36.0 Å². The summed E-state index contributed by atoms with van der Waals surface area (Å²) in [4.78, 5) is 24.6. The third-order valence-corrected chi connectivity index (χ3v) is 6.80. The topological polar surface area (TPSA) is 58.1 Å². The molecule has 1 N–H and O–H groups in total. The van der Waals surface area contributed by atoms with Crippen LogP contribution >= 0.6 is 0 Å². The summed E-state index contributed by atoms with van der Waals surface area (Å²) in [5, 5.41) is 2.65. The predicted molar refractivity (Wildman–Crippen MR) is 121 cm³/mol. The zero-order valence-electron chi connectivity index (χ0n) is 18.7. The Balaban J connectivity index is 1.38. The van der Waals surface area contributed by atoms with Crippen LogP contribution in [-0.4, -0.2) is 40.4 Å². The molecule has 1 atom stereocenters. The second-order valence-electron chi connectivity index (χ2n) is 9.19. The number of benzene rings is 1. The van der Waals surface area contributed by atoms with E-state index in [0.29, 0.717) is 5.92 Å². The Kier molecular flexibility index (Phi) is 6.96. The molecular weight excluding hydrogens is 391 g/mol. The minimum Gasteiger partial charge on any atom is -0.323 e. The van der Waals surface area contributed by atoms with Crippen LogP contribution in [0.2, 0.25) is 0 Å². The van der Waals surface area contributed by atoms with Gasteiger partial charge in [-0.25, -0.2) is 14.4 Å². The van der Waals surface area contributed by atoms with Gasteiger partial charge in [-0.05, 0) is 57.7 Å². The van der Waals surface area contributed by atoms with Crippen LogP contribution in [0, 0.1) is 25.6 Å². The van der Waals surface area contributed by atoms with Gasteiger partial charge >= 0.3 is 0 Å². The highest BCUT2D eigenvalue weighted by Crippen LogP contribution is 2.30. The molecule has 2 aliphatic rings. The molecule has 4 rings (SSSR count). The highest BCUT2D eigenvalue weighted by molar-refractivity contribution is 5.92. The van der Waals surface area contributed by atoms with E-state index in [1.807, 2.05) is 13.8 Å². The van der Waals surface area contributed by atoms with E-state index in [1.54, 1.807) is 18.2 Å². The van der Waals surface area contributed by atoms with E-state index in [4.69, 9.17) is 9.97 Å². The van der Waals surface area contributed by atoms with Gasteiger partial charge < -0.3 is 10.2 Å². The lowest BCUT2D eigenvalue weighted by Gasteiger charge is -2.26. The molecule has 1 aliphatic heterocycles. The van der Waals surface area contributed by atoms with E-state index < -0.39 is 5.82 Å². The maximum absolute atomic E-state index is 13.8. The standard InChI is InChI=1S/C25H33FN4O/c1-17-21(14-24(31)29-23-11-7-6-10-22(23)26)18(2)28-25(27-17)20-12-13-30(16-20)15-19-8-4-3-5-9-19/h6-7,10-11,19-20H,3-5,8-9,12-16H2,1-2H3,(H,29,31). The van der Waals surface area contributed by atoms with Crippen molar-refractivity contribution in [1.82, 2.24) is 14.9 Å². The Labute approximate surface area is 184 Å². The van der Waals surface area contributed by atoms with E-state index in [2.05, 4.69) is 10.2 Å². The Bertz CT molecular complexity index is 902. The first-order valence-corrected chi connectivity index (χ1v) is 11.6. The average Bonchev–Trinajstić information content (AvgIpc) is 3.21. The third-order valence-electron chi connectivity index (χ3n) is 6.80. The monoisotopic (exact) mass is 424 g/mol. The molecule has 0 spiro atoms. The lowest BCUT2D eigenvalue weighted by Crippen LogP contribution is -2.28. The van der Waals surface area contributed by atoms with Crippen LogP contribution in [0.25, 0.3) is 0 Å². The zero-order chi connectivity index (χ0) is 21.8. The number of hydrogen-bond acceptors (Lipinski definition) is 4. The molecule has 1 aromatic heterocycles. The first kappa shape index (κ1) is 21.9. The van der Waals surface area contributed by atoms with Crippen molar-refractivity contribution in [1.29, 1.82) is 0 Å². The summed E-state index contributed by atoms with van der Waals surface area (Å²) in [6.45, 7) is 7.25. The number of para-hydroxylation sites is 1. The fourth-order valence-electron chi connectivity index (χ4n) is 5.07. The number of nitrogens with zero attached hydrogens (tertiary/aromatic N) is 3. The number of carbonyl (C=O) groups is 1. The summed E-state index contributed by atoms with van der Waals surface area (Å²) in [5.74, 6) is 1.43. The summed E-state index contributed by atoms with van der Waals surface area (Å²) in [6, 6.07) is 6.20. The van der Waals surface area contributed by atoms with Gasteiger partial charge in [0.25, 0.3) is 0 Å². The lowest BCUT2D eigenvalue weighted by molar-refractivity contribution is -0.115. The van der Waals surface area contributed by atoms with Gasteiger partial charge in [-0.1, -0.05) is 31.4 Å². The molecule has 1 aliphatic carbocycles. The molecule has 0 radical (unpaired) electrons. The van der Waals surface area contributed by atoms with Gasteiger partial charge in [0.2, 0.25) is 5.91 Å². The maximum atomic E-state index is 13.8. The second kappa shape index (κ2) is 9.86. The van der Waals surface area contributed by atoms with Crippen molar-refractivity contribution in [2.75, 3.05) is 25.0 Å². The molecule has 0 bridgehead atoms. The number of amides is 1. The number of carbonyl (C=O) groups excluding carboxylic acids is 1. The molecule has 1 saturated carbocycles. The Hall–Kier alpha value is -2.34. The van der Waals surface area contributed by atoms with E-state index in [0.717, 1.165) is 48.2 Å². The van der Waals surface area contributed by atoms with Crippen LogP contribution in [0.3, 0.4) is 0 Å². The van der Waals surface area contributed by atoms with E-state index in [9.17, 15) is 9.18 Å². The molecule has 1 amide bonds. The molecule has 166 valence electrons. The Morgan fingerprint density at radius 3 is 2.52 bits per heavy atom. The molecule has 1 saturated heterocycles. The van der Waals surface area contributed by atoms with Gasteiger partial charge in [0.05, 0.1) is 12.1 Å². The van der Waals surface area contributed by atoms with Crippen molar-refractivity contribution >= 4 is 11.6 Å². The summed E-state index contributed by atoms with van der Waals surface area (Å²) in [6.07, 6.45) is 8.16. The number of halogens is 1. The average molecular weight is 425 g/mol. The summed E-state index contributed by atoms with van der Waals surface area (Å²) in [7, 11) is 0. The summed E-state index contributed by atoms with van der Waals surface area (Å²) < 4.78 is 13.8. The number of rotatable bonds is 6. The van der Waals surface area contributed by atoms with Crippen LogP contribution in [-0.2, 0) is 11.2 Å². The Morgan fingerprint density at radius 1 is 1.10 bits per heavy atom. The van der Waals surface area contributed by atoms with Crippen LogP contribution in [0.15, 0.2) is 24.3 Å². The maximum Gasteiger partial charge on any atom is 0.229 e. The molecule has 6 heteroatoms. The highest BCUT2D eigenvalue weighted by atomic mass is 19.1. The number of hydrogen-bond donors (Lipinski definition) is 1. The third kappa shape index (κ3) is 5.48. The predicted octanol–water partition coefficient (Wildman–Crippen LogP) is 4.78. The first-order valence-electron chi connectivity index (χ1n) is 11.6. The quantitative estimate of drug-likeness (QED) is 0.725. The molecule has 2 fully saturated rings. The van der Waals surface area contributed by atoms with Gasteiger partial charge in [-0.3, -0.25) is 4.79 Å². The van der Waals surface area contributed by atoms with Crippen molar-refractivity contribution in [2.24, 2.45) is 5.92 Å². The van der Waals surface area contributed by atoms with Crippen molar-refractivity contribution < 1.29 is 9.18 Å². The van der Waals surface area contributed by atoms with Crippen molar-refractivity contribution in [3.8, 4) is 0 Å². The lowest BCUT2D eigenvalue weighted by atomic mass is 9.89. The summed E-state index contributed by atoms with van der Waals surface area (Å²) in [5.41, 5.74) is 2.72. The molecular formula is C25H33FN4O. The summed E-state index contributed by atoms with van der Waals surface area (Å²) >= 11 is 0. The van der Waals surface area contributed by atoms with Gasteiger partial charge in [-0.15, -0.1) is 0 Å². The molecule has 31 heavy (non-hydrogen) atoms. The smallest absolute Gasteiger partial charge is 0.229 e. The van der Waals surface area contributed by atoms with Crippen molar-refractivity contribution in [2.45, 2.75) is 64.7 Å². The normalized spacial score (nSPS) is 20.2. The van der Waals surface area contributed by atoms with Gasteiger partial charge in [0.1, 0.15) is 11.6 Å². The number of likely N-dealkylation sites (tertiary alicyclic amines) is 1. The largest absolute Gasteiger partial charge is 0.323 e. The van der Waals surface area contributed by atoms with Gasteiger partial charge in [0.15, 0.2) is 0 Å². The first-order chi connectivity index (χ1) is 15.0. The second-order valence-corrected chi connectivity index (χ2v) is 9.19. The molecule has 2 aromatic rings. The number of nitrogens with one attached hydrogen (secondary N) is 1. The Morgan fingerprint density at radius 2 is 1.81 bits per heavy atom. The highest BCUT2D eigenvalue weighted by Gasteiger charge is 2.29. The number of aromatic nitrogens is 2. The fraction of sp³-hybridized carbons (Fsp3) is 0.560. The minimum absolute atomic E-state index is 0.144. The number of aryl methyl sites for hydroxylation is 2. The fourth-order valence-corrected chi connectivity index (χ4v) is 5.07. The minimum atomic E-state index is -0.435. The van der Waals surface area contributed by atoms with Crippen molar-refractivity contribution in [3.63, 3.8) is 0 Å². The van der Waals surface area contributed by atoms with E-state index in [-0.39, 0.29) is 18.0 Å². The van der Waals surface area contributed by atoms with Crippen LogP contribution < -0.4 is 5.32 Å². The van der Waals surface area contributed by atoms with Crippen LogP contribution in [0.4, 0.5) is 10.1 Å². The molecule has 2 heterocycles.